The molecular weight excluding hydrogens is 252 g/mol. The zero-order chi connectivity index (χ0) is 14.8. The van der Waals surface area contributed by atoms with Gasteiger partial charge in [-0.05, 0) is 32.8 Å². The standard InChI is InChI=1S/C16H20N2O2/c1-11(2)20-15(19)16(3)9-13(10-17)14(18-16)12-7-5-4-6-8-12/h4-8,11,13-14,18H,9H2,1-3H3/t13-,14+,16+/m0/s1. The first-order valence-electron chi connectivity index (χ1n) is 6.89. The van der Waals surface area contributed by atoms with Crippen molar-refractivity contribution in [2.75, 3.05) is 0 Å². The van der Waals surface area contributed by atoms with Crippen LogP contribution in [0.15, 0.2) is 30.3 Å². The summed E-state index contributed by atoms with van der Waals surface area (Å²) in [6, 6.07) is 11.9. The summed E-state index contributed by atoms with van der Waals surface area (Å²) in [6.45, 7) is 5.46. The molecule has 0 unspecified atom stereocenters. The number of benzene rings is 1. The fourth-order valence-electron chi connectivity index (χ4n) is 2.64. The Morgan fingerprint density at radius 1 is 1.45 bits per heavy atom. The van der Waals surface area contributed by atoms with Gasteiger partial charge < -0.3 is 4.74 Å². The maximum absolute atomic E-state index is 12.2. The zero-order valence-electron chi connectivity index (χ0n) is 12.1. The second kappa shape index (κ2) is 5.64. The Hall–Kier alpha value is -1.86. The number of esters is 1. The molecule has 1 aliphatic heterocycles. The fourth-order valence-corrected chi connectivity index (χ4v) is 2.64. The first-order valence-corrected chi connectivity index (χ1v) is 6.89. The topological polar surface area (TPSA) is 62.1 Å². The van der Waals surface area contributed by atoms with Crippen molar-refractivity contribution >= 4 is 5.97 Å². The second-order valence-corrected chi connectivity index (χ2v) is 5.76. The number of nitrogens with one attached hydrogen (secondary N) is 1. The van der Waals surface area contributed by atoms with E-state index in [0.29, 0.717) is 6.42 Å². The average Bonchev–Trinajstić information content (AvgIpc) is 2.78. The van der Waals surface area contributed by atoms with Crippen molar-refractivity contribution in [2.24, 2.45) is 5.92 Å². The van der Waals surface area contributed by atoms with Crippen molar-refractivity contribution in [3.05, 3.63) is 35.9 Å². The Morgan fingerprint density at radius 3 is 2.65 bits per heavy atom. The summed E-state index contributed by atoms with van der Waals surface area (Å²) in [4.78, 5) is 12.2. The van der Waals surface area contributed by atoms with Gasteiger partial charge in [-0.1, -0.05) is 30.3 Å². The van der Waals surface area contributed by atoms with Gasteiger partial charge >= 0.3 is 5.97 Å². The Kier molecular flexibility index (Phi) is 4.10. The molecule has 20 heavy (non-hydrogen) atoms. The number of hydrogen-bond donors (Lipinski definition) is 1. The zero-order valence-corrected chi connectivity index (χ0v) is 12.1. The average molecular weight is 272 g/mol. The van der Waals surface area contributed by atoms with Crippen molar-refractivity contribution in [2.45, 2.75) is 44.9 Å². The summed E-state index contributed by atoms with van der Waals surface area (Å²) in [7, 11) is 0. The largest absolute Gasteiger partial charge is 0.462 e. The molecule has 1 N–H and O–H groups in total. The van der Waals surface area contributed by atoms with Crippen LogP contribution in [0, 0.1) is 17.2 Å². The van der Waals surface area contributed by atoms with Crippen molar-refractivity contribution < 1.29 is 9.53 Å². The molecule has 0 amide bonds. The van der Waals surface area contributed by atoms with Crippen molar-refractivity contribution in [3.8, 4) is 6.07 Å². The molecule has 4 heteroatoms. The Bertz CT molecular complexity index is 521. The summed E-state index contributed by atoms with van der Waals surface area (Å²) in [5.74, 6) is -0.520. The highest BCUT2D eigenvalue weighted by atomic mass is 16.5. The molecule has 1 aliphatic rings. The molecule has 2 rings (SSSR count). The highest BCUT2D eigenvalue weighted by Crippen LogP contribution is 2.38. The summed E-state index contributed by atoms with van der Waals surface area (Å²) < 4.78 is 5.30. The molecule has 1 fully saturated rings. The minimum Gasteiger partial charge on any atom is -0.462 e. The molecule has 3 atom stereocenters. The van der Waals surface area contributed by atoms with E-state index < -0.39 is 5.54 Å². The van der Waals surface area contributed by atoms with E-state index in [4.69, 9.17) is 4.74 Å². The quantitative estimate of drug-likeness (QED) is 0.859. The Labute approximate surface area is 119 Å². The number of nitriles is 1. The monoisotopic (exact) mass is 272 g/mol. The molecule has 0 radical (unpaired) electrons. The molecule has 1 aromatic carbocycles. The van der Waals surface area contributed by atoms with Crippen molar-refractivity contribution in [3.63, 3.8) is 0 Å². The summed E-state index contributed by atoms with van der Waals surface area (Å²) in [6.07, 6.45) is 0.312. The van der Waals surface area contributed by atoms with Gasteiger partial charge in [-0.2, -0.15) is 5.26 Å². The van der Waals surface area contributed by atoms with E-state index in [1.165, 1.54) is 0 Å². The van der Waals surface area contributed by atoms with E-state index >= 15 is 0 Å². The predicted molar refractivity (Wildman–Crippen MR) is 75.7 cm³/mol. The number of nitrogens with zero attached hydrogens (tertiary/aromatic N) is 1. The van der Waals surface area contributed by atoms with Gasteiger partial charge in [0.2, 0.25) is 0 Å². The first kappa shape index (κ1) is 14.5. The molecule has 1 saturated heterocycles. The van der Waals surface area contributed by atoms with Gasteiger partial charge in [0, 0.05) is 6.04 Å². The van der Waals surface area contributed by atoms with Crippen LogP contribution in [0.3, 0.4) is 0 Å². The molecule has 0 aromatic heterocycles. The number of hydrogen-bond acceptors (Lipinski definition) is 4. The summed E-state index contributed by atoms with van der Waals surface area (Å²) in [5, 5.41) is 12.6. The molecule has 0 saturated carbocycles. The molecular formula is C16H20N2O2. The minimum atomic E-state index is -0.800. The van der Waals surface area contributed by atoms with E-state index in [2.05, 4.69) is 11.4 Å². The van der Waals surface area contributed by atoms with Crippen molar-refractivity contribution in [1.82, 2.24) is 5.32 Å². The fraction of sp³-hybridized carbons (Fsp3) is 0.500. The smallest absolute Gasteiger partial charge is 0.326 e. The van der Waals surface area contributed by atoms with Crippen molar-refractivity contribution in [1.29, 1.82) is 5.26 Å². The molecule has 0 aliphatic carbocycles. The predicted octanol–water partition coefficient (Wildman–Crippen LogP) is 2.57. The van der Waals surface area contributed by atoms with Crippen LogP contribution < -0.4 is 5.32 Å². The van der Waals surface area contributed by atoms with E-state index in [1.807, 2.05) is 51.1 Å². The van der Waals surface area contributed by atoms with Crippen LogP contribution in [0.2, 0.25) is 0 Å². The third-order valence-corrected chi connectivity index (χ3v) is 3.62. The third kappa shape index (κ3) is 2.83. The lowest BCUT2D eigenvalue weighted by Gasteiger charge is -2.25. The number of rotatable bonds is 3. The highest BCUT2D eigenvalue weighted by molar-refractivity contribution is 5.81. The van der Waals surface area contributed by atoms with Gasteiger partial charge in [-0.25, -0.2) is 0 Å². The van der Waals surface area contributed by atoms with Gasteiger partial charge in [0.05, 0.1) is 18.1 Å². The van der Waals surface area contributed by atoms with Crippen LogP contribution in [-0.2, 0) is 9.53 Å². The van der Waals surface area contributed by atoms with Crippen LogP contribution in [0.5, 0.6) is 0 Å². The lowest BCUT2D eigenvalue weighted by atomic mass is 9.91. The molecule has 0 bridgehead atoms. The van der Waals surface area contributed by atoms with E-state index in [9.17, 15) is 10.1 Å². The minimum absolute atomic E-state index is 0.133. The van der Waals surface area contributed by atoms with Crippen LogP contribution in [0.25, 0.3) is 0 Å². The third-order valence-electron chi connectivity index (χ3n) is 3.62. The maximum atomic E-state index is 12.2. The Morgan fingerprint density at radius 2 is 2.10 bits per heavy atom. The van der Waals surface area contributed by atoms with Gasteiger partial charge in [0.1, 0.15) is 5.54 Å². The first-order chi connectivity index (χ1) is 9.46. The number of carbonyl (C=O) groups is 1. The summed E-state index contributed by atoms with van der Waals surface area (Å²) >= 11 is 0. The lowest BCUT2D eigenvalue weighted by molar-refractivity contribution is -0.154. The highest BCUT2D eigenvalue weighted by Gasteiger charge is 2.48. The van der Waals surface area contributed by atoms with Crippen LogP contribution >= 0.6 is 0 Å². The SMILES string of the molecule is CC(C)OC(=O)[C@@]1(C)C[C@@H](C#N)[C@@H](c2ccccc2)N1. The maximum Gasteiger partial charge on any atom is 0.326 e. The van der Waals surface area contributed by atoms with E-state index in [1.54, 1.807) is 0 Å². The van der Waals surface area contributed by atoms with Gasteiger partial charge in [0.25, 0.3) is 0 Å². The molecule has 106 valence electrons. The van der Waals surface area contributed by atoms with Gasteiger partial charge in [-0.15, -0.1) is 0 Å². The second-order valence-electron chi connectivity index (χ2n) is 5.76. The van der Waals surface area contributed by atoms with Gasteiger partial charge in [-0.3, -0.25) is 10.1 Å². The van der Waals surface area contributed by atoms with E-state index in [-0.39, 0.29) is 24.0 Å². The normalized spacial score (nSPS) is 29.1. The van der Waals surface area contributed by atoms with Crippen LogP contribution in [-0.4, -0.2) is 17.6 Å². The molecule has 1 heterocycles. The number of carbonyl (C=O) groups excluding carboxylic acids is 1. The Balaban J connectivity index is 2.22. The van der Waals surface area contributed by atoms with Crippen LogP contribution in [0.1, 0.15) is 38.8 Å². The summed E-state index contributed by atoms with van der Waals surface area (Å²) in [5.41, 5.74) is 0.227. The molecule has 4 nitrogen and oxygen atoms in total. The molecule has 1 aromatic rings. The lowest BCUT2D eigenvalue weighted by Crippen LogP contribution is -2.47. The van der Waals surface area contributed by atoms with E-state index in [0.717, 1.165) is 5.56 Å². The van der Waals surface area contributed by atoms with Crippen LogP contribution in [0.4, 0.5) is 0 Å². The number of ether oxygens (including phenoxy) is 1. The molecule has 0 spiro atoms. The van der Waals surface area contributed by atoms with Gasteiger partial charge in [0.15, 0.2) is 0 Å².